The van der Waals surface area contributed by atoms with E-state index < -0.39 is 9.84 Å². The van der Waals surface area contributed by atoms with Crippen molar-refractivity contribution in [3.05, 3.63) is 52.6 Å². The second-order valence-electron chi connectivity index (χ2n) is 5.60. The molecule has 0 spiro atoms. The fourth-order valence-electron chi connectivity index (χ4n) is 2.64. The van der Waals surface area contributed by atoms with Crippen LogP contribution >= 0.6 is 0 Å². The largest absolute Gasteiger partial charge is 0.493 e. The van der Waals surface area contributed by atoms with Crippen molar-refractivity contribution < 1.29 is 17.9 Å². The number of rotatable bonds is 5. The van der Waals surface area contributed by atoms with E-state index in [2.05, 4.69) is 0 Å². The Hall–Kier alpha value is -2.01. The van der Waals surface area contributed by atoms with Gasteiger partial charge in [-0.3, -0.25) is 0 Å². The molecule has 23 heavy (non-hydrogen) atoms. The van der Waals surface area contributed by atoms with Crippen LogP contribution < -0.4 is 9.47 Å². The minimum absolute atomic E-state index is 0.0260. The van der Waals surface area contributed by atoms with Crippen molar-refractivity contribution in [2.24, 2.45) is 0 Å². The zero-order valence-electron chi connectivity index (χ0n) is 14.1. The number of sulfone groups is 1. The number of hydrogen-bond donors (Lipinski definition) is 0. The van der Waals surface area contributed by atoms with Crippen molar-refractivity contribution in [3.8, 4) is 11.5 Å². The third kappa shape index (κ3) is 3.50. The molecule has 0 heterocycles. The lowest BCUT2D eigenvalue weighted by Gasteiger charge is -2.15. The standard InChI is InChI=1S/C18H22O4S/c1-12-7-6-8-13(2)15(12)11-23(19,20)18-10-17(22-5)16(21-4)9-14(18)3/h6-10H,11H2,1-5H3. The van der Waals surface area contributed by atoms with Crippen molar-refractivity contribution in [2.45, 2.75) is 31.4 Å². The van der Waals surface area contributed by atoms with Crippen LogP contribution in [0.4, 0.5) is 0 Å². The van der Waals surface area contributed by atoms with Crippen LogP contribution in [-0.4, -0.2) is 22.6 Å². The molecule has 5 heteroatoms. The molecule has 0 N–H and O–H groups in total. The summed E-state index contributed by atoms with van der Waals surface area (Å²) in [6, 6.07) is 9.02. The molecule has 0 saturated carbocycles. The normalized spacial score (nSPS) is 11.3. The maximum absolute atomic E-state index is 12.9. The van der Waals surface area contributed by atoms with Crippen LogP contribution in [0, 0.1) is 20.8 Å². The average molecular weight is 334 g/mol. The molecule has 0 aliphatic rings. The number of hydrogen-bond acceptors (Lipinski definition) is 4. The molecule has 0 saturated heterocycles. The lowest BCUT2D eigenvalue weighted by atomic mass is 10.1. The summed E-state index contributed by atoms with van der Waals surface area (Å²) in [5.74, 6) is 0.913. The molecule has 124 valence electrons. The minimum Gasteiger partial charge on any atom is -0.493 e. The van der Waals surface area contributed by atoms with E-state index >= 15 is 0 Å². The highest BCUT2D eigenvalue weighted by atomic mass is 32.2. The van der Waals surface area contributed by atoms with Crippen LogP contribution in [0.2, 0.25) is 0 Å². The first-order chi connectivity index (χ1) is 10.8. The van der Waals surface area contributed by atoms with E-state index in [4.69, 9.17) is 9.47 Å². The van der Waals surface area contributed by atoms with Crippen molar-refractivity contribution in [3.63, 3.8) is 0 Å². The summed E-state index contributed by atoms with van der Waals surface area (Å²) in [4.78, 5) is 0.276. The van der Waals surface area contributed by atoms with Crippen LogP contribution in [0.25, 0.3) is 0 Å². The van der Waals surface area contributed by atoms with Crippen molar-refractivity contribution >= 4 is 9.84 Å². The molecule has 0 amide bonds. The van der Waals surface area contributed by atoms with Gasteiger partial charge in [0.15, 0.2) is 21.3 Å². The highest BCUT2D eigenvalue weighted by molar-refractivity contribution is 7.90. The number of ether oxygens (including phenoxy) is 2. The molecular formula is C18H22O4S. The van der Waals surface area contributed by atoms with E-state index in [0.717, 1.165) is 16.7 Å². The Morgan fingerprint density at radius 2 is 1.39 bits per heavy atom. The zero-order chi connectivity index (χ0) is 17.2. The Labute approximate surface area is 138 Å². The Morgan fingerprint density at radius 1 is 0.870 bits per heavy atom. The first-order valence-electron chi connectivity index (χ1n) is 7.30. The highest BCUT2D eigenvalue weighted by Crippen LogP contribution is 2.34. The maximum Gasteiger partial charge on any atom is 0.182 e. The van der Waals surface area contributed by atoms with Crippen LogP contribution in [0.5, 0.6) is 11.5 Å². The van der Waals surface area contributed by atoms with E-state index in [1.165, 1.54) is 20.3 Å². The van der Waals surface area contributed by atoms with Gasteiger partial charge in [-0.15, -0.1) is 0 Å². The zero-order valence-corrected chi connectivity index (χ0v) is 15.0. The van der Waals surface area contributed by atoms with Crippen molar-refractivity contribution in [2.75, 3.05) is 14.2 Å². The molecule has 0 aliphatic carbocycles. The van der Waals surface area contributed by atoms with Crippen LogP contribution in [0.1, 0.15) is 22.3 Å². The first kappa shape index (κ1) is 17.3. The summed E-state index contributed by atoms with van der Waals surface area (Å²) in [5.41, 5.74) is 3.45. The van der Waals surface area contributed by atoms with Gasteiger partial charge in [-0.05, 0) is 49.1 Å². The third-order valence-corrected chi connectivity index (χ3v) is 5.77. The fourth-order valence-corrected chi connectivity index (χ4v) is 4.47. The van der Waals surface area contributed by atoms with Gasteiger partial charge in [0.1, 0.15) is 0 Å². The number of aryl methyl sites for hydroxylation is 3. The Balaban J connectivity index is 2.52. The molecule has 0 unspecified atom stereocenters. The molecule has 0 aliphatic heterocycles. The quantitative estimate of drug-likeness (QED) is 0.838. The molecule has 2 aromatic carbocycles. The smallest absolute Gasteiger partial charge is 0.182 e. The van der Waals surface area contributed by atoms with Gasteiger partial charge in [0, 0.05) is 6.07 Å². The first-order valence-corrected chi connectivity index (χ1v) is 8.96. The van der Waals surface area contributed by atoms with Crippen LogP contribution in [0.3, 0.4) is 0 Å². The van der Waals surface area contributed by atoms with Crippen LogP contribution in [0.15, 0.2) is 35.2 Å². The van der Waals surface area contributed by atoms with Gasteiger partial charge >= 0.3 is 0 Å². The van der Waals surface area contributed by atoms with Gasteiger partial charge in [0.25, 0.3) is 0 Å². The molecule has 0 radical (unpaired) electrons. The number of methoxy groups -OCH3 is 2. The summed E-state index contributed by atoms with van der Waals surface area (Å²) in [6.45, 7) is 5.62. The predicted octanol–water partition coefficient (Wildman–Crippen LogP) is 3.60. The van der Waals surface area contributed by atoms with Crippen molar-refractivity contribution in [1.29, 1.82) is 0 Å². The Morgan fingerprint density at radius 3 is 1.91 bits per heavy atom. The topological polar surface area (TPSA) is 52.6 Å². The molecular weight excluding hydrogens is 312 g/mol. The fraction of sp³-hybridized carbons (Fsp3) is 0.333. The van der Waals surface area contributed by atoms with Gasteiger partial charge in [-0.1, -0.05) is 18.2 Å². The molecule has 0 bridgehead atoms. The summed E-state index contributed by atoms with van der Waals surface area (Å²) in [5, 5.41) is 0. The minimum atomic E-state index is -3.48. The summed E-state index contributed by atoms with van der Waals surface area (Å²) >= 11 is 0. The molecule has 2 rings (SSSR count). The van der Waals surface area contributed by atoms with E-state index in [-0.39, 0.29) is 10.6 Å². The Bertz CT molecular complexity index is 803. The van der Waals surface area contributed by atoms with Crippen LogP contribution in [-0.2, 0) is 15.6 Å². The second kappa shape index (κ2) is 6.62. The Kier molecular flexibility index (Phi) is 5.00. The summed E-state index contributed by atoms with van der Waals surface area (Å²) < 4.78 is 36.3. The highest BCUT2D eigenvalue weighted by Gasteiger charge is 2.22. The van der Waals surface area contributed by atoms with Gasteiger partial charge < -0.3 is 9.47 Å². The molecule has 0 aromatic heterocycles. The van der Waals surface area contributed by atoms with E-state index in [1.54, 1.807) is 13.0 Å². The van der Waals surface area contributed by atoms with Gasteiger partial charge in [-0.2, -0.15) is 0 Å². The predicted molar refractivity (Wildman–Crippen MR) is 91.1 cm³/mol. The van der Waals surface area contributed by atoms with E-state index in [0.29, 0.717) is 17.1 Å². The van der Waals surface area contributed by atoms with E-state index in [9.17, 15) is 8.42 Å². The second-order valence-corrected chi connectivity index (χ2v) is 7.56. The monoisotopic (exact) mass is 334 g/mol. The lowest BCUT2D eigenvalue weighted by Crippen LogP contribution is -2.10. The lowest BCUT2D eigenvalue weighted by molar-refractivity contribution is 0.353. The molecule has 0 atom stereocenters. The third-order valence-electron chi connectivity index (χ3n) is 4.00. The van der Waals surface area contributed by atoms with Crippen molar-refractivity contribution in [1.82, 2.24) is 0 Å². The summed E-state index contributed by atoms with van der Waals surface area (Å²) in [7, 11) is -0.457. The van der Waals surface area contributed by atoms with Gasteiger partial charge in [0.2, 0.25) is 0 Å². The van der Waals surface area contributed by atoms with Gasteiger partial charge in [0.05, 0.1) is 24.9 Å². The molecule has 0 fully saturated rings. The summed E-state index contributed by atoms with van der Waals surface area (Å²) in [6.07, 6.45) is 0. The molecule has 2 aromatic rings. The average Bonchev–Trinajstić information content (AvgIpc) is 2.50. The maximum atomic E-state index is 12.9. The van der Waals surface area contributed by atoms with Gasteiger partial charge in [-0.25, -0.2) is 8.42 Å². The SMILES string of the molecule is COc1cc(C)c(S(=O)(=O)Cc2c(C)cccc2C)cc1OC. The van der Waals surface area contributed by atoms with E-state index in [1.807, 2.05) is 32.0 Å². The number of benzene rings is 2. The molecule has 4 nitrogen and oxygen atoms in total.